The van der Waals surface area contributed by atoms with Gasteiger partial charge < -0.3 is 9.47 Å². The fourth-order valence-electron chi connectivity index (χ4n) is 2.07. The molecule has 0 spiro atoms. The van der Waals surface area contributed by atoms with Crippen molar-refractivity contribution in [2.75, 3.05) is 0 Å². The summed E-state index contributed by atoms with van der Waals surface area (Å²) in [6, 6.07) is 25.2. The van der Waals surface area contributed by atoms with Crippen molar-refractivity contribution in [2.24, 2.45) is 0 Å². The number of ether oxygens (including phenoxy) is 2. The lowest BCUT2D eigenvalue weighted by molar-refractivity contribution is 0.460. The zero-order valence-corrected chi connectivity index (χ0v) is 12.6. The lowest BCUT2D eigenvalue weighted by Gasteiger charge is -2.09. The Hall–Kier alpha value is -3.76. The zero-order valence-electron chi connectivity index (χ0n) is 12.6. The molecule has 114 valence electrons. The fraction of sp³-hybridized carbons (Fsp3) is 0. The van der Waals surface area contributed by atoms with E-state index in [2.05, 4.69) is 12.1 Å². The van der Waals surface area contributed by atoms with Gasteiger partial charge in [-0.05, 0) is 60.7 Å². The molecule has 0 heterocycles. The second-order valence-corrected chi connectivity index (χ2v) is 4.95. The second kappa shape index (κ2) is 7.00. The summed E-state index contributed by atoms with van der Waals surface area (Å²) >= 11 is 0. The minimum Gasteiger partial charge on any atom is -0.457 e. The van der Waals surface area contributed by atoms with Crippen LogP contribution >= 0.6 is 0 Å². The lowest BCUT2D eigenvalue weighted by Crippen LogP contribution is -1.87. The third-order valence-corrected chi connectivity index (χ3v) is 3.24. The van der Waals surface area contributed by atoms with E-state index in [0.717, 1.165) is 0 Å². The van der Waals surface area contributed by atoms with Crippen LogP contribution in [0, 0.1) is 22.7 Å². The first-order valence-corrected chi connectivity index (χ1v) is 7.23. The highest BCUT2D eigenvalue weighted by atomic mass is 16.5. The highest BCUT2D eigenvalue weighted by molar-refractivity contribution is 5.42. The SMILES string of the molecule is N#Cc1ccc(Oc2cccc(Oc3ccc(C#N)cc3)c2)cc1. The van der Waals surface area contributed by atoms with Crippen LogP contribution in [-0.4, -0.2) is 0 Å². The van der Waals surface area contributed by atoms with Crippen LogP contribution in [0.5, 0.6) is 23.0 Å². The maximum atomic E-state index is 8.80. The van der Waals surface area contributed by atoms with Crippen LogP contribution in [-0.2, 0) is 0 Å². The molecule has 0 bridgehead atoms. The summed E-state index contributed by atoms with van der Waals surface area (Å²) in [4.78, 5) is 0. The number of benzene rings is 3. The fourth-order valence-corrected chi connectivity index (χ4v) is 2.07. The van der Waals surface area contributed by atoms with Gasteiger partial charge in [0.2, 0.25) is 0 Å². The van der Waals surface area contributed by atoms with E-state index < -0.39 is 0 Å². The Morgan fingerprint density at radius 3 is 1.33 bits per heavy atom. The molecule has 0 aromatic heterocycles. The Balaban J connectivity index is 1.73. The van der Waals surface area contributed by atoms with Gasteiger partial charge in [0.15, 0.2) is 0 Å². The van der Waals surface area contributed by atoms with Crippen molar-refractivity contribution >= 4 is 0 Å². The molecule has 4 heteroatoms. The Kier molecular flexibility index (Phi) is 4.42. The molecule has 0 aliphatic heterocycles. The standard InChI is InChI=1S/C20H12N2O2/c21-13-15-4-8-17(9-5-15)23-19-2-1-3-20(12-19)24-18-10-6-16(14-22)7-11-18/h1-12H. The quantitative estimate of drug-likeness (QED) is 0.679. The van der Waals surface area contributed by atoms with E-state index in [1.54, 1.807) is 54.6 Å². The molecule has 0 atom stereocenters. The van der Waals surface area contributed by atoms with Gasteiger partial charge >= 0.3 is 0 Å². The first-order chi connectivity index (χ1) is 11.8. The molecule has 3 aromatic carbocycles. The molecule has 0 N–H and O–H groups in total. The van der Waals surface area contributed by atoms with Crippen molar-refractivity contribution in [1.82, 2.24) is 0 Å². The van der Waals surface area contributed by atoms with Gasteiger partial charge in [-0.2, -0.15) is 10.5 Å². The van der Waals surface area contributed by atoms with E-state index in [1.165, 1.54) is 0 Å². The van der Waals surface area contributed by atoms with Gasteiger partial charge in [0.05, 0.1) is 23.3 Å². The first kappa shape index (κ1) is 15.1. The normalized spacial score (nSPS) is 9.58. The first-order valence-electron chi connectivity index (χ1n) is 7.23. The van der Waals surface area contributed by atoms with Gasteiger partial charge in [0.1, 0.15) is 23.0 Å². The van der Waals surface area contributed by atoms with E-state index in [1.807, 2.05) is 18.2 Å². The molecule has 0 aliphatic rings. The number of nitrogens with zero attached hydrogens (tertiary/aromatic N) is 2. The minimum atomic E-state index is 0.584. The topological polar surface area (TPSA) is 66.0 Å². The van der Waals surface area contributed by atoms with Crippen LogP contribution in [0.3, 0.4) is 0 Å². The van der Waals surface area contributed by atoms with Crippen LogP contribution in [0.1, 0.15) is 11.1 Å². The summed E-state index contributed by atoms with van der Waals surface area (Å²) in [6.07, 6.45) is 0. The Morgan fingerprint density at radius 2 is 0.958 bits per heavy atom. The van der Waals surface area contributed by atoms with Gasteiger partial charge in [-0.25, -0.2) is 0 Å². The predicted molar refractivity (Wildman–Crippen MR) is 88.9 cm³/mol. The smallest absolute Gasteiger partial charge is 0.131 e. The molecule has 0 radical (unpaired) electrons. The van der Waals surface area contributed by atoms with Crippen molar-refractivity contribution < 1.29 is 9.47 Å². The largest absolute Gasteiger partial charge is 0.457 e. The van der Waals surface area contributed by atoms with Gasteiger partial charge in [-0.15, -0.1) is 0 Å². The average Bonchev–Trinajstić information content (AvgIpc) is 2.63. The molecule has 3 rings (SSSR count). The third kappa shape index (κ3) is 3.71. The summed E-state index contributed by atoms with van der Waals surface area (Å²) in [6.45, 7) is 0. The number of hydrogen-bond acceptors (Lipinski definition) is 4. The maximum Gasteiger partial charge on any atom is 0.131 e. The highest BCUT2D eigenvalue weighted by Gasteiger charge is 2.02. The molecule has 24 heavy (non-hydrogen) atoms. The molecule has 0 saturated carbocycles. The summed E-state index contributed by atoms with van der Waals surface area (Å²) in [5.41, 5.74) is 1.17. The number of nitriles is 2. The van der Waals surface area contributed by atoms with E-state index in [4.69, 9.17) is 20.0 Å². The van der Waals surface area contributed by atoms with Gasteiger partial charge in [-0.1, -0.05) is 6.07 Å². The van der Waals surface area contributed by atoms with Crippen LogP contribution in [0.2, 0.25) is 0 Å². The molecular weight excluding hydrogens is 300 g/mol. The minimum absolute atomic E-state index is 0.584. The second-order valence-electron chi connectivity index (χ2n) is 4.95. The maximum absolute atomic E-state index is 8.80. The van der Waals surface area contributed by atoms with Crippen LogP contribution in [0.25, 0.3) is 0 Å². The van der Waals surface area contributed by atoms with Crippen molar-refractivity contribution in [2.45, 2.75) is 0 Å². The molecule has 0 fully saturated rings. The molecule has 4 nitrogen and oxygen atoms in total. The van der Waals surface area contributed by atoms with Crippen molar-refractivity contribution in [1.29, 1.82) is 10.5 Å². The third-order valence-electron chi connectivity index (χ3n) is 3.24. The van der Waals surface area contributed by atoms with Gasteiger partial charge in [0.25, 0.3) is 0 Å². The predicted octanol–water partition coefficient (Wildman–Crippen LogP) is 5.01. The van der Waals surface area contributed by atoms with Crippen LogP contribution in [0.15, 0.2) is 72.8 Å². The summed E-state index contributed by atoms with van der Waals surface area (Å²) in [5, 5.41) is 17.6. The zero-order chi connectivity index (χ0) is 16.8. The average molecular weight is 312 g/mol. The molecule has 0 aliphatic carbocycles. The van der Waals surface area contributed by atoms with E-state index in [-0.39, 0.29) is 0 Å². The highest BCUT2D eigenvalue weighted by Crippen LogP contribution is 2.28. The monoisotopic (exact) mass is 312 g/mol. The Bertz CT molecular complexity index is 843. The van der Waals surface area contributed by atoms with Crippen molar-refractivity contribution in [3.63, 3.8) is 0 Å². The van der Waals surface area contributed by atoms with E-state index in [9.17, 15) is 0 Å². The van der Waals surface area contributed by atoms with Crippen LogP contribution in [0.4, 0.5) is 0 Å². The molecule has 3 aromatic rings. The number of rotatable bonds is 4. The van der Waals surface area contributed by atoms with E-state index in [0.29, 0.717) is 34.1 Å². The summed E-state index contributed by atoms with van der Waals surface area (Å²) in [5.74, 6) is 2.55. The van der Waals surface area contributed by atoms with Gasteiger partial charge in [0, 0.05) is 6.07 Å². The van der Waals surface area contributed by atoms with E-state index >= 15 is 0 Å². The Morgan fingerprint density at radius 1 is 0.542 bits per heavy atom. The molecule has 0 amide bonds. The molecular formula is C20H12N2O2. The Labute approximate surface area is 139 Å². The van der Waals surface area contributed by atoms with Gasteiger partial charge in [-0.3, -0.25) is 0 Å². The summed E-state index contributed by atoms with van der Waals surface area (Å²) < 4.78 is 11.5. The lowest BCUT2D eigenvalue weighted by atomic mass is 10.2. The molecule has 0 unspecified atom stereocenters. The molecule has 0 saturated heterocycles. The van der Waals surface area contributed by atoms with Crippen molar-refractivity contribution in [3.8, 4) is 35.1 Å². The van der Waals surface area contributed by atoms with Crippen molar-refractivity contribution in [3.05, 3.63) is 83.9 Å². The van der Waals surface area contributed by atoms with Crippen LogP contribution < -0.4 is 9.47 Å². The number of hydrogen-bond donors (Lipinski definition) is 0. The summed E-state index contributed by atoms with van der Waals surface area (Å²) in [7, 11) is 0.